The van der Waals surface area contributed by atoms with Crippen molar-refractivity contribution in [2.24, 2.45) is 4.99 Å². The summed E-state index contributed by atoms with van der Waals surface area (Å²) in [6.45, 7) is 15.3. The van der Waals surface area contributed by atoms with Crippen molar-refractivity contribution in [3.05, 3.63) is 47.8 Å². The average molecular weight is 506 g/mol. The van der Waals surface area contributed by atoms with E-state index in [1.54, 1.807) is 29.5 Å². The molecule has 3 N–H and O–H groups in total. The predicted molar refractivity (Wildman–Crippen MR) is 144 cm³/mol. The summed E-state index contributed by atoms with van der Waals surface area (Å²) in [7, 11) is 1.81. The molecule has 0 radical (unpaired) electrons. The van der Waals surface area contributed by atoms with Gasteiger partial charge in [-0.25, -0.2) is 4.39 Å². The zero-order chi connectivity index (χ0) is 26.3. The molecule has 1 amide bonds. The zero-order valence-electron chi connectivity index (χ0n) is 22.5. The number of piperazine rings is 1. The van der Waals surface area contributed by atoms with Gasteiger partial charge in [0.1, 0.15) is 24.0 Å². The van der Waals surface area contributed by atoms with E-state index in [0.717, 1.165) is 39.3 Å². The number of nitrogens with zero attached hydrogens (tertiary/aromatic N) is 4. The van der Waals surface area contributed by atoms with Crippen molar-refractivity contribution in [2.45, 2.75) is 39.9 Å². The van der Waals surface area contributed by atoms with E-state index in [2.05, 4.69) is 37.7 Å². The summed E-state index contributed by atoms with van der Waals surface area (Å²) >= 11 is 0. The molecule has 202 valence electrons. The molecule has 1 fully saturated rings. The molecule has 0 aromatic heterocycles. The van der Waals surface area contributed by atoms with Crippen molar-refractivity contribution in [1.29, 1.82) is 0 Å². The molecule has 0 saturated carbocycles. The fraction of sp³-hybridized carbons (Fsp3) is 0.615. The largest absolute Gasteiger partial charge is 0.372 e. The van der Waals surface area contributed by atoms with Crippen LogP contribution in [0.3, 0.4) is 0 Å². The van der Waals surface area contributed by atoms with Gasteiger partial charge < -0.3 is 30.5 Å². The summed E-state index contributed by atoms with van der Waals surface area (Å²) in [5, 5.41) is 9.38. The number of ether oxygens (including phenoxy) is 1. The second kappa shape index (κ2) is 16.1. The molecule has 1 unspecified atom stereocenters. The SMILES string of the molecule is CCN1CCN(CCNC(=O)/C2=C/C=N/CN/C(NC/C=C\C(F)=C/C(C)OC(C)C)=C/N2C)CC1. The quantitative estimate of drug-likeness (QED) is 0.349. The molecule has 1 atom stereocenters. The number of hydrogen-bond acceptors (Lipinski definition) is 8. The van der Waals surface area contributed by atoms with E-state index >= 15 is 0 Å². The van der Waals surface area contributed by atoms with Gasteiger partial charge in [-0.15, -0.1) is 0 Å². The number of likely N-dealkylation sites (N-methyl/N-ethyl adjacent to an activating group) is 2. The van der Waals surface area contributed by atoms with Crippen LogP contribution in [0.1, 0.15) is 27.7 Å². The molecule has 0 aromatic carbocycles. The Labute approximate surface area is 215 Å². The predicted octanol–water partition coefficient (Wildman–Crippen LogP) is 1.80. The van der Waals surface area contributed by atoms with E-state index in [4.69, 9.17) is 4.74 Å². The molecular formula is C26H44FN7O2. The number of amides is 1. The van der Waals surface area contributed by atoms with Gasteiger partial charge in [0.05, 0.1) is 12.2 Å². The van der Waals surface area contributed by atoms with Crippen LogP contribution in [0.15, 0.2) is 52.8 Å². The number of hydrogen-bond donors (Lipinski definition) is 3. The molecule has 2 heterocycles. The van der Waals surface area contributed by atoms with Crippen LogP contribution in [0.25, 0.3) is 0 Å². The minimum Gasteiger partial charge on any atom is -0.372 e. The lowest BCUT2D eigenvalue weighted by molar-refractivity contribution is -0.118. The van der Waals surface area contributed by atoms with Crippen LogP contribution in [-0.2, 0) is 9.53 Å². The fourth-order valence-electron chi connectivity index (χ4n) is 3.91. The summed E-state index contributed by atoms with van der Waals surface area (Å²) in [6.07, 6.45) is 9.41. The Bertz CT molecular complexity index is 830. The minimum absolute atomic E-state index is 0.0403. The number of nitrogens with one attached hydrogen (secondary N) is 3. The molecule has 0 spiro atoms. The van der Waals surface area contributed by atoms with Crippen molar-refractivity contribution in [1.82, 2.24) is 30.7 Å². The fourth-order valence-corrected chi connectivity index (χ4v) is 3.91. The van der Waals surface area contributed by atoms with Crippen LogP contribution in [0.4, 0.5) is 4.39 Å². The highest BCUT2D eigenvalue weighted by molar-refractivity contribution is 5.96. The lowest BCUT2D eigenvalue weighted by Gasteiger charge is -2.34. The average Bonchev–Trinajstić information content (AvgIpc) is 2.91. The molecule has 10 heteroatoms. The highest BCUT2D eigenvalue weighted by atomic mass is 19.1. The van der Waals surface area contributed by atoms with Gasteiger partial charge in [-0.3, -0.25) is 14.7 Å². The van der Waals surface area contributed by atoms with Gasteiger partial charge in [0.15, 0.2) is 0 Å². The zero-order valence-corrected chi connectivity index (χ0v) is 22.5. The lowest BCUT2D eigenvalue weighted by Crippen LogP contribution is -2.48. The molecule has 0 bridgehead atoms. The Kier molecular flexibility index (Phi) is 13.2. The molecule has 2 aliphatic rings. The maximum absolute atomic E-state index is 14.1. The molecule has 2 rings (SSSR count). The Hall–Kier alpha value is -2.69. The van der Waals surface area contributed by atoms with E-state index in [1.165, 1.54) is 12.2 Å². The maximum atomic E-state index is 14.1. The molecule has 2 aliphatic heterocycles. The molecule has 0 aliphatic carbocycles. The van der Waals surface area contributed by atoms with E-state index in [1.807, 2.05) is 27.8 Å². The minimum atomic E-state index is -0.350. The first-order valence-corrected chi connectivity index (χ1v) is 12.8. The number of aliphatic imine (C=N–C) groups is 1. The monoisotopic (exact) mass is 505 g/mol. The first-order valence-electron chi connectivity index (χ1n) is 12.8. The van der Waals surface area contributed by atoms with E-state index < -0.39 is 0 Å². The lowest BCUT2D eigenvalue weighted by atomic mass is 10.3. The number of carbonyl (C=O) groups excluding carboxylic acids is 1. The topological polar surface area (TPSA) is 84.5 Å². The van der Waals surface area contributed by atoms with Crippen LogP contribution >= 0.6 is 0 Å². The summed E-state index contributed by atoms with van der Waals surface area (Å²) in [6, 6.07) is 0. The molecule has 1 saturated heterocycles. The Morgan fingerprint density at radius 2 is 1.97 bits per heavy atom. The van der Waals surface area contributed by atoms with Crippen molar-refractivity contribution in [3.8, 4) is 0 Å². The normalized spacial score (nSPS) is 23.1. The molecule has 9 nitrogen and oxygen atoms in total. The Balaban J connectivity index is 1.85. The third kappa shape index (κ3) is 11.4. The Morgan fingerprint density at radius 3 is 2.67 bits per heavy atom. The van der Waals surface area contributed by atoms with Crippen LogP contribution < -0.4 is 16.0 Å². The summed E-state index contributed by atoms with van der Waals surface area (Å²) in [5.41, 5.74) is 0.487. The van der Waals surface area contributed by atoms with Crippen molar-refractivity contribution in [3.63, 3.8) is 0 Å². The van der Waals surface area contributed by atoms with Gasteiger partial charge in [-0.1, -0.05) is 13.0 Å². The molecule has 0 aromatic rings. The van der Waals surface area contributed by atoms with Crippen molar-refractivity contribution in [2.75, 3.05) is 66.1 Å². The van der Waals surface area contributed by atoms with Gasteiger partial charge in [0.2, 0.25) is 0 Å². The van der Waals surface area contributed by atoms with Gasteiger partial charge in [-0.05, 0) is 45.5 Å². The molecular weight excluding hydrogens is 461 g/mol. The van der Waals surface area contributed by atoms with Gasteiger partial charge >= 0.3 is 0 Å². The summed E-state index contributed by atoms with van der Waals surface area (Å²) in [5.74, 6) is 0.172. The summed E-state index contributed by atoms with van der Waals surface area (Å²) < 4.78 is 19.6. The molecule has 36 heavy (non-hydrogen) atoms. The second-order valence-electron chi connectivity index (χ2n) is 9.13. The van der Waals surface area contributed by atoms with Crippen LogP contribution in [0.2, 0.25) is 0 Å². The first kappa shape index (κ1) is 29.5. The van der Waals surface area contributed by atoms with Crippen LogP contribution in [0, 0.1) is 0 Å². The maximum Gasteiger partial charge on any atom is 0.267 e. The standard InChI is InChI=1S/C26H44FN7O2/c1-6-33-14-16-34(17-15-33)13-12-30-26(35)24-9-11-28-20-31-25(19-32(24)5)29-10-7-8-23(27)18-22(4)36-21(2)3/h7-9,11,18-19,21-22,29,31H,6,10,12-17,20H2,1-5H3,(H,30,35)/b8-7-,23-18+,24-9-,25-19+,28-11+. The van der Waals surface area contributed by atoms with Crippen LogP contribution in [-0.4, -0.2) is 105 Å². The summed E-state index contributed by atoms with van der Waals surface area (Å²) in [4.78, 5) is 23.7. The van der Waals surface area contributed by atoms with E-state index in [0.29, 0.717) is 31.3 Å². The number of carbonyl (C=O) groups is 1. The number of allylic oxidation sites excluding steroid dienone is 3. The third-order valence-electron chi connectivity index (χ3n) is 5.83. The highest BCUT2D eigenvalue weighted by Gasteiger charge is 2.17. The van der Waals surface area contributed by atoms with Gasteiger partial charge in [0.25, 0.3) is 5.91 Å². The van der Waals surface area contributed by atoms with Gasteiger partial charge in [-0.2, -0.15) is 0 Å². The van der Waals surface area contributed by atoms with Gasteiger partial charge in [0, 0.05) is 65.3 Å². The smallest absolute Gasteiger partial charge is 0.267 e. The highest BCUT2D eigenvalue weighted by Crippen LogP contribution is 2.07. The van der Waals surface area contributed by atoms with Crippen molar-refractivity contribution >= 4 is 12.1 Å². The Morgan fingerprint density at radius 1 is 1.25 bits per heavy atom. The van der Waals surface area contributed by atoms with E-state index in [-0.39, 0.29) is 23.9 Å². The third-order valence-corrected chi connectivity index (χ3v) is 5.83. The number of halogens is 1. The van der Waals surface area contributed by atoms with E-state index in [9.17, 15) is 9.18 Å². The first-order chi connectivity index (χ1) is 17.3. The van der Waals surface area contributed by atoms with Crippen molar-refractivity contribution < 1.29 is 13.9 Å². The second-order valence-corrected chi connectivity index (χ2v) is 9.13. The van der Waals surface area contributed by atoms with Crippen LogP contribution in [0.5, 0.6) is 0 Å². The number of rotatable bonds is 12.